The minimum atomic E-state index is -0.508. The van der Waals surface area contributed by atoms with Gasteiger partial charge in [-0.15, -0.1) is 0 Å². The zero-order valence-corrected chi connectivity index (χ0v) is 18.2. The molecule has 8 nitrogen and oxygen atoms in total. The summed E-state index contributed by atoms with van der Waals surface area (Å²) >= 11 is 0. The predicted molar refractivity (Wildman–Crippen MR) is 119 cm³/mol. The molecule has 1 aliphatic rings. The number of pyridine rings is 1. The molecule has 3 aromatic rings. The Balaban J connectivity index is 1.59. The highest BCUT2D eigenvalue weighted by atomic mass is 16.5. The second kappa shape index (κ2) is 8.36. The SMILES string of the molecule is Cc1ccc(C2(COc3cnc(C)nc3C)CC2C(=O)N(N)c2ccc(C#N)cn2)cc1. The van der Waals surface area contributed by atoms with Crippen LogP contribution < -0.4 is 15.6 Å². The van der Waals surface area contributed by atoms with Crippen molar-refractivity contribution in [1.82, 2.24) is 15.0 Å². The number of aromatic nitrogens is 3. The van der Waals surface area contributed by atoms with E-state index in [9.17, 15) is 4.79 Å². The lowest BCUT2D eigenvalue weighted by atomic mass is 9.93. The van der Waals surface area contributed by atoms with Crippen molar-refractivity contribution in [3.63, 3.8) is 0 Å². The van der Waals surface area contributed by atoms with Crippen LogP contribution >= 0.6 is 0 Å². The summed E-state index contributed by atoms with van der Waals surface area (Å²) in [6.07, 6.45) is 3.66. The number of amides is 1. The lowest BCUT2D eigenvalue weighted by molar-refractivity contribution is -0.120. The Hall–Kier alpha value is -3.83. The van der Waals surface area contributed by atoms with E-state index >= 15 is 0 Å². The van der Waals surface area contributed by atoms with Gasteiger partial charge in [0.05, 0.1) is 30.0 Å². The van der Waals surface area contributed by atoms with Gasteiger partial charge in [0.15, 0.2) is 5.75 Å². The lowest BCUT2D eigenvalue weighted by Crippen LogP contribution is -2.41. The average Bonchev–Trinajstić information content (AvgIpc) is 3.53. The Labute approximate surface area is 186 Å². The monoisotopic (exact) mass is 428 g/mol. The number of hydrazine groups is 1. The number of ether oxygens (including phenoxy) is 1. The van der Waals surface area contributed by atoms with Gasteiger partial charge < -0.3 is 4.74 Å². The van der Waals surface area contributed by atoms with Crippen molar-refractivity contribution in [3.05, 3.63) is 77.0 Å². The third-order valence-electron chi connectivity index (χ3n) is 5.90. The highest BCUT2D eigenvalue weighted by Gasteiger charge is 2.61. The van der Waals surface area contributed by atoms with Crippen LogP contribution in [0, 0.1) is 38.0 Å². The molecule has 2 N–H and O–H groups in total. The molecule has 1 aromatic carbocycles. The molecule has 2 atom stereocenters. The number of nitrogens with two attached hydrogens (primary N) is 1. The van der Waals surface area contributed by atoms with E-state index < -0.39 is 5.41 Å². The molecule has 8 heteroatoms. The minimum absolute atomic E-state index is 0.247. The van der Waals surface area contributed by atoms with Gasteiger partial charge in [-0.25, -0.2) is 25.8 Å². The van der Waals surface area contributed by atoms with Crippen molar-refractivity contribution in [3.8, 4) is 11.8 Å². The molecule has 32 heavy (non-hydrogen) atoms. The minimum Gasteiger partial charge on any atom is -0.489 e. The number of hydrogen-bond donors (Lipinski definition) is 1. The molecule has 0 aliphatic heterocycles. The quantitative estimate of drug-likeness (QED) is 0.364. The number of carbonyl (C=O) groups is 1. The van der Waals surface area contributed by atoms with Crippen molar-refractivity contribution < 1.29 is 9.53 Å². The van der Waals surface area contributed by atoms with Gasteiger partial charge >= 0.3 is 0 Å². The van der Waals surface area contributed by atoms with Gasteiger partial charge in [0.25, 0.3) is 0 Å². The molecule has 0 bridgehead atoms. The summed E-state index contributed by atoms with van der Waals surface area (Å²) < 4.78 is 6.11. The summed E-state index contributed by atoms with van der Waals surface area (Å²) in [4.78, 5) is 26.0. The van der Waals surface area contributed by atoms with Gasteiger partial charge in [0.2, 0.25) is 5.91 Å². The smallest absolute Gasteiger partial charge is 0.246 e. The van der Waals surface area contributed by atoms with E-state index in [1.54, 1.807) is 18.3 Å². The number of anilines is 1. The fourth-order valence-corrected chi connectivity index (χ4v) is 3.87. The first-order valence-corrected chi connectivity index (χ1v) is 10.3. The van der Waals surface area contributed by atoms with Crippen molar-refractivity contribution in [2.45, 2.75) is 32.6 Å². The van der Waals surface area contributed by atoms with Crippen LogP contribution in [0.25, 0.3) is 0 Å². The van der Waals surface area contributed by atoms with Gasteiger partial charge in [-0.3, -0.25) is 4.79 Å². The molecule has 0 radical (unpaired) electrons. The average molecular weight is 428 g/mol. The molecular weight excluding hydrogens is 404 g/mol. The largest absolute Gasteiger partial charge is 0.489 e. The molecule has 4 rings (SSSR count). The summed E-state index contributed by atoms with van der Waals surface area (Å²) in [5.74, 6) is 7.08. The first-order chi connectivity index (χ1) is 15.3. The van der Waals surface area contributed by atoms with Crippen LogP contribution in [0.4, 0.5) is 5.82 Å². The van der Waals surface area contributed by atoms with E-state index in [4.69, 9.17) is 15.8 Å². The molecule has 1 fully saturated rings. The van der Waals surface area contributed by atoms with Gasteiger partial charge in [-0.1, -0.05) is 29.8 Å². The maximum absolute atomic E-state index is 13.3. The molecule has 0 spiro atoms. The van der Waals surface area contributed by atoms with Crippen LogP contribution in [0.15, 0.2) is 48.8 Å². The van der Waals surface area contributed by atoms with E-state index in [0.717, 1.165) is 21.8 Å². The van der Waals surface area contributed by atoms with Crippen LogP contribution in [0.2, 0.25) is 0 Å². The molecular formula is C24H24N6O2. The standard InChI is InChI=1S/C24H24N6O2/c1-15-4-7-19(8-5-15)24(14-32-21-13-27-17(3)29-16(21)2)10-20(24)23(31)30(26)22-9-6-18(11-25)12-28-22/h4-9,12-13,20H,10,14,26H2,1-3H3. The second-order valence-electron chi connectivity index (χ2n) is 8.16. The summed E-state index contributed by atoms with van der Waals surface area (Å²) in [7, 11) is 0. The predicted octanol–water partition coefficient (Wildman–Crippen LogP) is 2.91. The third-order valence-corrected chi connectivity index (χ3v) is 5.90. The molecule has 1 saturated carbocycles. The van der Waals surface area contributed by atoms with E-state index in [0.29, 0.717) is 36.0 Å². The van der Waals surface area contributed by atoms with Crippen molar-refractivity contribution in [2.24, 2.45) is 11.8 Å². The highest BCUT2D eigenvalue weighted by Crippen LogP contribution is 2.55. The van der Waals surface area contributed by atoms with E-state index in [1.165, 1.54) is 6.20 Å². The zero-order valence-electron chi connectivity index (χ0n) is 18.2. The molecule has 2 heterocycles. The number of aryl methyl sites for hydroxylation is 3. The molecule has 2 unspecified atom stereocenters. The lowest BCUT2D eigenvalue weighted by Gasteiger charge is -2.22. The van der Waals surface area contributed by atoms with Gasteiger partial charge in [0, 0.05) is 11.6 Å². The first kappa shape index (κ1) is 21.4. The fraction of sp³-hybridized carbons (Fsp3) is 0.292. The number of carbonyl (C=O) groups excluding carboxylic acids is 1. The molecule has 0 saturated heterocycles. The Morgan fingerprint density at radius 2 is 1.94 bits per heavy atom. The number of nitrogens with zero attached hydrogens (tertiary/aromatic N) is 5. The van der Waals surface area contributed by atoms with E-state index in [2.05, 4.69) is 15.0 Å². The zero-order chi connectivity index (χ0) is 22.9. The van der Waals surface area contributed by atoms with Crippen molar-refractivity contribution in [1.29, 1.82) is 5.26 Å². The molecule has 162 valence electrons. The van der Waals surface area contributed by atoms with Gasteiger partial charge in [-0.05, 0) is 44.9 Å². The second-order valence-corrected chi connectivity index (χ2v) is 8.16. The summed E-state index contributed by atoms with van der Waals surface area (Å²) in [5, 5.41) is 10.0. The van der Waals surface area contributed by atoms with E-state index in [1.807, 2.05) is 51.1 Å². The Bertz CT molecular complexity index is 1190. The Morgan fingerprint density at radius 3 is 2.56 bits per heavy atom. The Morgan fingerprint density at radius 1 is 1.19 bits per heavy atom. The Kier molecular flexibility index (Phi) is 5.59. The third kappa shape index (κ3) is 4.03. The number of hydrogen-bond acceptors (Lipinski definition) is 7. The van der Waals surface area contributed by atoms with Gasteiger partial charge in [-0.2, -0.15) is 5.26 Å². The van der Waals surface area contributed by atoms with E-state index in [-0.39, 0.29) is 11.8 Å². The molecule has 2 aromatic heterocycles. The van der Waals surface area contributed by atoms with Crippen LogP contribution in [0.1, 0.15) is 34.6 Å². The van der Waals surface area contributed by atoms with Crippen LogP contribution in [0.5, 0.6) is 5.75 Å². The van der Waals surface area contributed by atoms with Gasteiger partial charge in [0.1, 0.15) is 17.7 Å². The number of benzene rings is 1. The maximum Gasteiger partial charge on any atom is 0.246 e. The van der Waals surface area contributed by atoms with Crippen LogP contribution in [-0.4, -0.2) is 27.5 Å². The molecule has 1 amide bonds. The molecule has 1 aliphatic carbocycles. The fourth-order valence-electron chi connectivity index (χ4n) is 3.87. The number of nitriles is 1. The summed E-state index contributed by atoms with van der Waals surface area (Å²) in [6, 6.07) is 13.3. The van der Waals surface area contributed by atoms with Crippen LogP contribution in [0.3, 0.4) is 0 Å². The summed E-state index contributed by atoms with van der Waals surface area (Å²) in [5.41, 5.74) is 2.81. The maximum atomic E-state index is 13.3. The first-order valence-electron chi connectivity index (χ1n) is 10.3. The topological polar surface area (TPSA) is 118 Å². The van der Waals surface area contributed by atoms with Crippen molar-refractivity contribution in [2.75, 3.05) is 11.6 Å². The number of rotatable bonds is 6. The van der Waals surface area contributed by atoms with Crippen molar-refractivity contribution >= 4 is 11.7 Å². The summed E-state index contributed by atoms with van der Waals surface area (Å²) in [6.45, 7) is 6.02. The normalized spacial score (nSPS) is 19.2. The highest BCUT2D eigenvalue weighted by molar-refractivity contribution is 5.96. The van der Waals surface area contributed by atoms with Crippen LogP contribution in [-0.2, 0) is 10.2 Å².